The van der Waals surface area contributed by atoms with Crippen LogP contribution < -0.4 is 15.3 Å². The largest absolute Gasteiger partial charge is 0.471 e. The third kappa shape index (κ3) is 3.67. The first-order valence-corrected chi connectivity index (χ1v) is 9.49. The molecule has 0 bridgehead atoms. The number of ether oxygens (including phenoxy) is 1. The molecule has 0 amide bonds. The lowest BCUT2D eigenvalue weighted by atomic mass is 10.0. The van der Waals surface area contributed by atoms with Crippen LogP contribution >= 0.6 is 11.6 Å². The molecule has 4 rings (SSSR count). The molecular formula is C21H17ClF3NO3. The summed E-state index contributed by atoms with van der Waals surface area (Å²) in [6, 6.07) is 8.04. The van der Waals surface area contributed by atoms with E-state index in [1.165, 1.54) is 18.2 Å². The number of benzene rings is 2. The van der Waals surface area contributed by atoms with Crippen molar-refractivity contribution in [1.82, 2.24) is 0 Å². The van der Waals surface area contributed by atoms with E-state index in [0.717, 1.165) is 29.5 Å². The van der Waals surface area contributed by atoms with E-state index in [-0.39, 0.29) is 13.3 Å². The predicted octanol–water partition coefficient (Wildman–Crippen LogP) is 5.77. The van der Waals surface area contributed by atoms with Crippen molar-refractivity contribution in [2.75, 3.05) is 11.6 Å². The zero-order valence-corrected chi connectivity index (χ0v) is 16.2. The van der Waals surface area contributed by atoms with Crippen LogP contribution in [0, 0.1) is 0 Å². The van der Waals surface area contributed by atoms with Crippen molar-refractivity contribution in [1.29, 1.82) is 0 Å². The quantitative estimate of drug-likeness (QED) is 0.501. The van der Waals surface area contributed by atoms with Crippen molar-refractivity contribution in [2.24, 2.45) is 0 Å². The number of hydrogen-bond acceptors (Lipinski definition) is 4. The fourth-order valence-electron chi connectivity index (χ4n) is 3.55. The van der Waals surface area contributed by atoms with Crippen LogP contribution in [0.15, 0.2) is 45.6 Å². The molecule has 2 heterocycles. The van der Waals surface area contributed by atoms with Crippen LogP contribution in [0.4, 0.5) is 18.9 Å². The maximum absolute atomic E-state index is 12.8. The lowest BCUT2D eigenvalue weighted by Gasteiger charge is -2.31. The molecule has 3 aromatic rings. The van der Waals surface area contributed by atoms with Crippen LogP contribution in [-0.2, 0) is 19.1 Å². The van der Waals surface area contributed by atoms with Gasteiger partial charge in [-0.3, -0.25) is 0 Å². The van der Waals surface area contributed by atoms with Crippen molar-refractivity contribution >= 4 is 28.3 Å². The first kappa shape index (κ1) is 19.6. The van der Waals surface area contributed by atoms with Gasteiger partial charge >= 0.3 is 11.8 Å². The fraction of sp³-hybridized carbons (Fsp3) is 0.286. The zero-order chi connectivity index (χ0) is 20.8. The standard InChI is InChI=1S/C21H17ClF3NO3/c1-2-3-12-8-18(27)29-19-15(12)9-17(22)20-16(19)10-26(11-28-20)14-6-4-13(5-7-14)21(23,24)25/h4-9H,2-3,10-11H2,1H3. The second-order valence-corrected chi connectivity index (χ2v) is 7.31. The number of fused-ring (bicyclic) bond motifs is 3. The number of hydrogen-bond donors (Lipinski definition) is 0. The number of halogens is 4. The van der Waals surface area contributed by atoms with E-state index in [9.17, 15) is 18.0 Å². The van der Waals surface area contributed by atoms with Crippen LogP contribution in [0.25, 0.3) is 11.0 Å². The highest BCUT2D eigenvalue weighted by Gasteiger charge is 2.31. The first-order chi connectivity index (χ1) is 13.8. The molecule has 0 spiro atoms. The number of nitrogens with zero attached hydrogens (tertiary/aromatic N) is 1. The van der Waals surface area contributed by atoms with E-state index in [1.807, 2.05) is 6.92 Å². The Morgan fingerprint density at radius 2 is 1.90 bits per heavy atom. The molecule has 0 radical (unpaired) electrons. The maximum Gasteiger partial charge on any atom is 0.416 e. The summed E-state index contributed by atoms with van der Waals surface area (Å²) in [6.07, 6.45) is -2.85. The van der Waals surface area contributed by atoms with Gasteiger partial charge in [-0.25, -0.2) is 4.79 Å². The van der Waals surface area contributed by atoms with Gasteiger partial charge in [-0.05, 0) is 42.3 Å². The summed E-state index contributed by atoms with van der Waals surface area (Å²) >= 11 is 6.41. The summed E-state index contributed by atoms with van der Waals surface area (Å²) in [5, 5.41) is 1.15. The summed E-state index contributed by atoms with van der Waals surface area (Å²) in [7, 11) is 0. The Morgan fingerprint density at radius 3 is 2.55 bits per heavy atom. The van der Waals surface area contributed by atoms with Crippen molar-refractivity contribution in [3.8, 4) is 5.75 Å². The van der Waals surface area contributed by atoms with Gasteiger partial charge in [0.25, 0.3) is 0 Å². The molecule has 1 aliphatic heterocycles. The summed E-state index contributed by atoms with van der Waals surface area (Å²) < 4.78 is 49.7. The molecular weight excluding hydrogens is 407 g/mol. The highest BCUT2D eigenvalue weighted by atomic mass is 35.5. The van der Waals surface area contributed by atoms with Gasteiger partial charge in [0, 0.05) is 17.1 Å². The van der Waals surface area contributed by atoms with E-state index >= 15 is 0 Å². The number of aryl methyl sites for hydroxylation is 1. The van der Waals surface area contributed by atoms with Crippen molar-refractivity contribution in [2.45, 2.75) is 32.5 Å². The van der Waals surface area contributed by atoms with Gasteiger partial charge in [0.1, 0.15) is 11.3 Å². The summed E-state index contributed by atoms with van der Waals surface area (Å²) in [4.78, 5) is 13.8. The molecule has 152 valence electrons. The van der Waals surface area contributed by atoms with Crippen LogP contribution in [0.2, 0.25) is 5.02 Å². The van der Waals surface area contributed by atoms with Crippen molar-refractivity contribution in [3.63, 3.8) is 0 Å². The Hall–Kier alpha value is -2.67. The van der Waals surface area contributed by atoms with Gasteiger partial charge in [0.2, 0.25) is 0 Å². The molecule has 0 atom stereocenters. The Bertz CT molecular complexity index is 1120. The third-order valence-electron chi connectivity index (χ3n) is 4.91. The SMILES string of the molecule is CCCc1cc(=O)oc2c3c(c(Cl)cc12)OCN(c1ccc(C(F)(F)F)cc1)C3. The molecule has 0 aliphatic carbocycles. The normalized spacial score (nSPS) is 14.0. The Kier molecular flexibility index (Phi) is 4.94. The lowest BCUT2D eigenvalue weighted by Crippen LogP contribution is -2.32. The van der Waals surface area contributed by atoms with Gasteiger partial charge in [0.05, 0.1) is 22.7 Å². The number of rotatable bonds is 3. The monoisotopic (exact) mass is 423 g/mol. The Labute approximate surface area is 169 Å². The number of alkyl halides is 3. The first-order valence-electron chi connectivity index (χ1n) is 9.11. The van der Waals surface area contributed by atoms with Gasteiger partial charge in [-0.15, -0.1) is 0 Å². The lowest BCUT2D eigenvalue weighted by molar-refractivity contribution is -0.137. The molecule has 0 fully saturated rings. The van der Waals surface area contributed by atoms with E-state index in [0.29, 0.717) is 34.0 Å². The van der Waals surface area contributed by atoms with Crippen LogP contribution in [-0.4, -0.2) is 6.73 Å². The average Bonchev–Trinajstić information content (AvgIpc) is 2.68. The highest BCUT2D eigenvalue weighted by molar-refractivity contribution is 6.33. The van der Waals surface area contributed by atoms with E-state index in [2.05, 4.69) is 0 Å². The Morgan fingerprint density at radius 1 is 1.17 bits per heavy atom. The Balaban J connectivity index is 1.77. The van der Waals surface area contributed by atoms with E-state index in [4.69, 9.17) is 20.8 Å². The summed E-state index contributed by atoms with van der Waals surface area (Å²) in [5.41, 5.74) is 1.23. The van der Waals surface area contributed by atoms with Gasteiger partial charge < -0.3 is 14.1 Å². The second-order valence-electron chi connectivity index (χ2n) is 6.90. The molecule has 0 N–H and O–H groups in total. The highest BCUT2D eigenvalue weighted by Crippen LogP contribution is 2.40. The van der Waals surface area contributed by atoms with Gasteiger partial charge in [-0.1, -0.05) is 24.9 Å². The molecule has 29 heavy (non-hydrogen) atoms. The minimum absolute atomic E-state index is 0.114. The maximum atomic E-state index is 12.8. The third-order valence-corrected chi connectivity index (χ3v) is 5.20. The minimum Gasteiger partial charge on any atom is -0.471 e. The molecule has 0 saturated heterocycles. The smallest absolute Gasteiger partial charge is 0.416 e. The second kappa shape index (κ2) is 7.30. The molecule has 1 aliphatic rings. The van der Waals surface area contributed by atoms with E-state index in [1.54, 1.807) is 11.0 Å². The van der Waals surface area contributed by atoms with Crippen LogP contribution in [0.5, 0.6) is 5.75 Å². The summed E-state index contributed by atoms with van der Waals surface area (Å²) in [5.74, 6) is 0.430. The average molecular weight is 424 g/mol. The molecule has 0 saturated carbocycles. The molecule has 0 unspecified atom stereocenters. The van der Waals surface area contributed by atoms with Crippen LogP contribution in [0.1, 0.15) is 30.0 Å². The molecule has 8 heteroatoms. The molecule has 4 nitrogen and oxygen atoms in total. The van der Waals surface area contributed by atoms with Gasteiger partial charge in [0.15, 0.2) is 6.73 Å². The predicted molar refractivity (Wildman–Crippen MR) is 105 cm³/mol. The van der Waals surface area contributed by atoms with Gasteiger partial charge in [-0.2, -0.15) is 13.2 Å². The van der Waals surface area contributed by atoms with Crippen molar-refractivity contribution < 1.29 is 22.3 Å². The molecule has 1 aromatic heterocycles. The number of anilines is 1. The van der Waals surface area contributed by atoms with Crippen molar-refractivity contribution in [3.05, 3.63) is 68.5 Å². The van der Waals surface area contributed by atoms with Crippen LogP contribution in [0.3, 0.4) is 0 Å². The van der Waals surface area contributed by atoms with E-state index < -0.39 is 17.4 Å². The fourth-order valence-corrected chi connectivity index (χ4v) is 3.83. The minimum atomic E-state index is -4.40. The summed E-state index contributed by atoms with van der Waals surface area (Å²) in [6.45, 7) is 2.41. The zero-order valence-electron chi connectivity index (χ0n) is 15.5. The topological polar surface area (TPSA) is 42.7 Å². The molecule has 2 aromatic carbocycles.